The number of amides is 1. The zero-order valence-corrected chi connectivity index (χ0v) is 14.7. The average molecular weight is 340 g/mol. The fourth-order valence-corrected chi connectivity index (χ4v) is 2.82. The Bertz CT molecular complexity index is 680. The molecule has 1 N–H and O–H groups in total. The molecule has 1 saturated heterocycles. The summed E-state index contributed by atoms with van der Waals surface area (Å²) in [4.78, 5) is 29.3. The largest absolute Gasteiger partial charge is 0.353 e. The summed E-state index contributed by atoms with van der Waals surface area (Å²) in [6.07, 6.45) is 5.77. The van der Waals surface area contributed by atoms with E-state index < -0.39 is 0 Å². The number of nitrogens with one attached hydrogen (secondary N) is 1. The minimum atomic E-state index is 0.0287. The van der Waals surface area contributed by atoms with Crippen molar-refractivity contribution in [2.24, 2.45) is 5.92 Å². The van der Waals surface area contributed by atoms with Gasteiger partial charge < -0.3 is 15.1 Å². The van der Waals surface area contributed by atoms with Gasteiger partial charge in [0.1, 0.15) is 5.82 Å². The highest BCUT2D eigenvalue weighted by atomic mass is 16.1. The number of anilines is 3. The van der Waals surface area contributed by atoms with Crippen LogP contribution >= 0.6 is 0 Å². The van der Waals surface area contributed by atoms with E-state index in [4.69, 9.17) is 0 Å². The van der Waals surface area contributed by atoms with Crippen LogP contribution in [0.25, 0.3) is 0 Å². The summed E-state index contributed by atoms with van der Waals surface area (Å²) < 4.78 is 0. The first-order valence-electron chi connectivity index (χ1n) is 8.64. The van der Waals surface area contributed by atoms with Crippen LogP contribution in [0.5, 0.6) is 0 Å². The van der Waals surface area contributed by atoms with Crippen LogP contribution in [0, 0.1) is 5.92 Å². The number of carbonyl (C=O) groups is 1. The van der Waals surface area contributed by atoms with E-state index in [1.54, 1.807) is 18.6 Å². The summed E-state index contributed by atoms with van der Waals surface area (Å²) in [5, 5.41) is 2.89. The fraction of sp³-hybridized carbons (Fsp3) is 0.444. The van der Waals surface area contributed by atoms with Crippen LogP contribution in [0.15, 0.2) is 36.8 Å². The number of hydrogen-bond acceptors (Lipinski definition) is 6. The van der Waals surface area contributed by atoms with Crippen molar-refractivity contribution >= 4 is 23.4 Å². The van der Waals surface area contributed by atoms with Crippen molar-refractivity contribution in [1.29, 1.82) is 0 Å². The second-order valence-corrected chi connectivity index (χ2v) is 6.57. The molecule has 0 aromatic carbocycles. The highest BCUT2D eigenvalue weighted by molar-refractivity contribution is 5.90. The van der Waals surface area contributed by atoms with Gasteiger partial charge in [0.2, 0.25) is 11.9 Å². The SMILES string of the molecule is CC(C)CC(=O)Nc1ccc(N2CCN(c3ncccn3)CC2)nc1. The van der Waals surface area contributed by atoms with Crippen LogP contribution in [0.3, 0.4) is 0 Å². The molecule has 7 nitrogen and oxygen atoms in total. The van der Waals surface area contributed by atoms with Gasteiger partial charge in [-0.1, -0.05) is 13.8 Å². The van der Waals surface area contributed by atoms with Crippen molar-refractivity contribution < 1.29 is 4.79 Å². The van der Waals surface area contributed by atoms with Crippen LogP contribution in [0.4, 0.5) is 17.5 Å². The Labute approximate surface area is 148 Å². The Hall–Kier alpha value is -2.70. The van der Waals surface area contributed by atoms with Gasteiger partial charge in [0.25, 0.3) is 0 Å². The van der Waals surface area contributed by atoms with Crippen molar-refractivity contribution in [3.8, 4) is 0 Å². The van der Waals surface area contributed by atoms with Crippen LogP contribution in [-0.2, 0) is 4.79 Å². The first kappa shape index (κ1) is 17.1. The zero-order chi connectivity index (χ0) is 17.6. The van der Waals surface area contributed by atoms with Gasteiger partial charge in [-0.15, -0.1) is 0 Å². The van der Waals surface area contributed by atoms with Crippen molar-refractivity contribution in [2.75, 3.05) is 41.3 Å². The second-order valence-electron chi connectivity index (χ2n) is 6.57. The Kier molecular flexibility index (Phi) is 5.42. The molecule has 0 bridgehead atoms. The number of hydrogen-bond donors (Lipinski definition) is 1. The highest BCUT2D eigenvalue weighted by Gasteiger charge is 2.19. The van der Waals surface area contributed by atoms with Gasteiger partial charge in [0.15, 0.2) is 0 Å². The number of rotatable bonds is 5. The molecule has 1 fully saturated rings. The molecule has 0 aliphatic carbocycles. The zero-order valence-electron chi connectivity index (χ0n) is 14.7. The van der Waals surface area contributed by atoms with E-state index in [-0.39, 0.29) is 5.91 Å². The summed E-state index contributed by atoms with van der Waals surface area (Å²) in [5.74, 6) is 2.08. The molecule has 0 saturated carbocycles. The number of piperazine rings is 1. The molecule has 0 spiro atoms. The molecule has 2 aromatic heterocycles. The molecule has 3 heterocycles. The monoisotopic (exact) mass is 340 g/mol. The highest BCUT2D eigenvalue weighted by Crippen LogP contribution is 2.18. The van der Waals surface area contributed by atoms with Crippen molar-refractivity contribution in [2.45, 2.75) is 20.3 Å². The molecule has 25 heavy (non-hydrogen) atoms. The Morgan fingerprint density at radius 3 is 2.36 bits per heavy atom. The third-order valence-electron chi connectivity index (χ3n) is 4.06. The standard InChI is InChI=1S/C18H24N6O/c1-14(2)12-17(25)22-15-4-5-16(21-13-15)23-8-10-24(11-9-23)18-19-6-3-7-20-18/h3-7,13-14H,8-12H2,1-2H3,(H,22,25). The predicted molar refractivity (Wildman–Crippen MR) is 98.8 cm³/mol. The Morgan fingerprint density at radius 1 is 1.08 bits per heavy atom. The molecule has 7 heteroatoms. The third kappa shape index (κ3) is 4.65. The van der Waals surface area contributed by atoms with E-state index in [9.17, 15) is 4.79 Å². The van der Waals surface area contributed by atoms with E-state index in [1.807, 2.05) is 32.0 Å². The van der Waals surface area contributed by atoms with Crippen molar-refractivity contribution in [3.05, 3.63) is 36.8 Å². The lowest BCUT2D eigenvalue weighted by molar-refractivity contribution is -0.116. The number of carbonyl (C=O) groups excluding carboxylic acids is 1. The summed E-state index contributed by atoms with van der Waals surface area (Å²) in [5.41, 5.74) is 0.741. The van der Waals surface area contributed by atoms with Crippen LogP contribution in [0.1, 0.15) is 20.3 Å². The quantitative estimate of drug-likeness (QED) is 0.899. The van der Waals surface area contributed by atoms with E-state index in [0.29, 0.717) is 12.3 Å². The van der Waals surface area contributed by atoms with E-state index in [0.717, 1.165) is 43.6 Å². The van der Waals surface area contributed by atoms with E-state index in [1.165, 1.54) is 0 Å². The molecule has 3 rings (SSSR count). The second kappa shape index (κ2) is 7.92. The van der Waals surface area contributed by atoms with Gasteiger partial charge in [0, 0.05) is 45.0 Å². The third-order valence-corrected chi connectivity index (χ3v) is 4.06. The fourth-order valence-electron chi connectivity index (χ4n) is 2.82. The molecule has 1 amide bonds. The molecule has 0 radical (unpaired) electrons. The Balaban J connectivity index is 1.54. The summed E-state index contributed by atoms with van der Waals surface area (Å²) in [6.45, 7) is 7.51. The van der Waals surface area contributed by atoms with Gasteiger partial charge in [0.05, 0.1) is 11.9 Å². The molecule has 1 aliphatic heterocycles. The smallest absolute Gasteiger partial charge is 0.225 e. The maximum absolute atomic E-state index is 11.8. The molecular formula is C18H24N6O. The summed E-state index contributed by atoms with van der Waals surface area (Å²) in [6, 6.07) is 5.69. The van der Waals surface area contributed by atoms with Gasteiger partial charge in [-0.05, 0) is 24.1 Å². The number of pyridine rings is 1. The van der Waals surface area contributed by atoms with Crippen molar-refractivity contribution in [1.82, 2.24) is 15.0 Å². The lowest BCUT2D eigenvalue weighted by atomic mass is 10.1. The van der Waals surface area contributed by atoms with Gasteiger partial charge in [-0.2, -0.15) is 0 Å². The average Bonchev–Trinajstić information content (AvgIpc) is 2.62. The van der Waals surface area contributed by atoms with Crippen LogP contribution < -0.4 is 15.1 Å². The first-order chi connectivity index (χ1) is 12.1. The normalized spacial score (nSPS) is 14.7. The maximum Gasteiger partial charge on any atom is 0.225 e. The van der Waals surface area contributed by atoms with Crippen LogP contribution in [-0.4, -0.2) is 47.0 Å². The van der Waals surface area contributed by atoms with E-state index >= 15 is 0 Å². The first-order valence-corrected chi connectivity index (χ1v) is 8.64. The minimum Gasteiger partial charge on any atom is -0.353 e. The van der Waals surface area contributed by atoms with Gasteiger partial charge >= 0.3 is 0 Å². The maximum atomic E-state index is 11.8. The topological polar surface area (TPSA) is 74.2 Å². The summed E-state index contributed by atoms with van der Waals surface area (Å²) in [7, 11) is 0. The number of nitrogens with zero attached hydrogens (tertiary/aromatic N) is 5. The summed E-state index contributed by atoms with van der Waals surface area (Å²) >= 11 is 0. The molecule has 0 atom stereocenters. The van der Waals surface area contributed by atoms with Gasteiger partial charge in [-0.3, -0.25) is 4.79 Å². The number of aromatic nitrogens is 3. The molecule has 1 aliphatic rings. The van der Waals surface area contributed by atoms with Crippen molar-refractivity contribution in [3.63, 3.8) is 0 Å². The molecule has 132 valence electrons. The lowest BCUT2D eigenvalue weighted by Crippen LogP contribution is -2.47. The molecule has 0 unspecified atom stereocenters. The lowest BCUT2D eigenvalue weighted by Gasteiger charge is -2.35. The Morgan fingerprint density at radius 2 is 1.76 bits per heavy atom. The molecular weight excluding hydrogens is 316 g/mol. The van der Waals surface area contributed by atoms with Gasteiger partial charge in [-0.25, -0.2) is 15.0 Å². The predicted octanol–water partition coefficient (Wildman–Crippen LogP) is 2.18. The molecule has 2 aromatic rings. The van der Waals surface area contributed by atoms with E-state index in [2.05, 4.69) is 30.1 Å². The van der Waals surface area contributed by atoms with Crippen LogP contribution in [0.2, 0.25) is 0 Å². The minimum absolute atomic E-state index is 0.0287.